The molecular formula is C12H20N2O3S. The van der Waals surface area contributed by atoms with E-state index in [1.54, 1.807) is 19.2 Å². The van der Waals surface area contributed by atoms with Gasteiger partial charge >= 0.3 is 0 Å². The topological polar surface area (TPSA) is 81.4 Å². The van der Waals surface area contributed by atoms with Crippen LogP contribution in [0.2, 0.25) is 0 Å². The highest BCUT2D eigenvalue weighted by Gasteiger charge is 2.07. The van der Waals surface area contributed by atoms with Crippen molar-refractivity contribution in [1.29, 1.82) is 0 Å². The normalized spacial score (nSPS) is 13.3. The molecule has 0 saturated heterocycles. The second-order valence-corrected chi connectivity index (χ2v) is 5.82. The van der Waals surface area contributed by atoms with Crippen LogP contribution < -0.4 is 10.5 Å². The second-order valence-electron chi connectivity index (χ2n) is 4.21. The Kier molecular flexibility index (Phi) is 5.58. The zero-order valence-electron chi connectivity index (χ0n) is 10.7. The average Bonchev–Trinajstić information content (AvgIpc) is 2.29. The van der Waals surface area contributed by atoms with Crippen LogP contribution in [0.15, 0.2) is 24.3 Å². The van der Waals surface area contributed by atoms with Gasteiger partial charge in [-0.25, -0.2) is 13.6 Å². The summed E-state index contributed by atoms with van der Waals surface area (Å²) in [6, 6.07) is 7.45. The number of rotatable bonds is 7. The van der Waals surface area contributed by atoms with Crippen LogP contribution in [0.25, 0.3) is 0 Å². The smallest absolute Gasteiger partial charge is 0.213 e. The van der Waals surface area contributed by atoms with Crippen LogP contribution in [0.1, 0.15) is 18.9 Å². The third-order valence-corrected chi connectivity index (χ3v) is 3.29. The molecule has 0 amide bonds. The summed E-state index contributed by atoms with van der Waals surface area (Å²) in [6.45, 7) is 2.71. The van der Waals surface area contributed by atoms with Crippen molar-refractivity contribution in [2.75, 3.05) is 19.0 Å². The molecule has 18 heavy (non-hydrogen) atoms. The summed E-state index contributed by atoms with van der Waals surface area (Å²) in [7, 11) is -1.80. The average molecular weight is 272 g/mol. The monoisotopic (exact) mass is 272 g/mol. The molecule has 1 rings (SSSR count). The summed E-state index contributed by atoms with van der Waals surface area (Å²) >= 11 is 0. The Labute approximate surface area is 108 Å². The van der Waals surface area contributed by atoms with E-state index in [0.717, 1.165) is 12.1 Å². The predicted octanol–water partition coefficient (Wildman–Crippen LogP) is 1.31. The van der Waals surface area contributed by atoms with E-state index in [9.17, 15) is 8.42 Å². The van der Waals surface area contributed by atoms with Crippen LogP contribution in [-0.4, -0.2) is 28.2 Å². The van der Waals surface area contributed by atoms with Gasteiger partial charge in [0.25, 0.3) is 0 Å². The number of nitrogens with two attached hydrogens (primary N) is 1. The van der Waals surface area contributed by atoms with E-state index in [4.69, 9.17) is 9.88 Å². The summed E-state index contributed by atoms with van der Waals surface area (Å²) in [5, 5.41) is 8.30. The number of nitrogens with one attached hydrogen (secondary N) is 1. The molecular weight excluding hydrogens is 252 g/mol. The van der Waals surface area contributed by atoms with Gasteiger partial charge < -0.3 is 10.1 Å². The molecule has 0 saturated carbocycles. The Morgan fingerprint density at radius 2 is 1.94 bits per heavy atom. The minimum absolute atomic E-state index is 0.136. The molecule has 102 valence electrons. The zero-order valence-corrected chi connectivity index (χ0v) is 11.5. The van der Waals surface area contributed by atoms with Crippen molar-refractivity contribution in [3.8, 4) is 0 Å². The van der Waals surface area contributed by atoms with Gasteiger partial charge in [0, 0.05) is 18.8 Å². The molecule has 0 aliphatic carbocycles. The largest absolute Gasteiger partial charge is 0.383 e. The summed E-state index contributed by atoms with van der Waals surface area (Å²) in [4.78, 5) is 0. The van der Waals surface area contributed by atoms with E-state index in [1.165, 1.54) is 0 Å². The van der Waals surface area contributed by atoms with E-state index >= 15 is 0 Å². The molecule has 0 spiro atoms. The predicted molar refractivity (Wildman–Crippen MR) is 72.8 cm³/mol. The van der Waals surface area contributed by atoms with Crippen molar-refractivity contribution in [2.24, 2.45) is 5.14 Å². The van der Waals surface area contributed by atoms with Crippen LogP contribution in [0.3, 0.4) is 0 Å². The SMILES string of the molecule is CCC(COC)Nc1ccc(CS(N)(=O)=O)cc1. The fourth-order valence-electron chi connectivity index (χ4n) is 1.63. The van der Waals surface area contributed by atoms with E-state index in [-0.39, 0.29) is 11.8 Å². The molecule has 0 fully saturated rings. The molecule has 0 aliphatic heterocycles. The quantitative estimate of drug-likeness (QED) is 0.784. The number of hydrogen-bond donors (Lipinski definition) is 2. The minimum atomic E-state index is -3.47. The van der Waals surface area contributed by atoms with E-state index in [0.29, 0.717) is 12.2 Å². The summed E-state index contributed by atoms with van der Waals surface area (Å²) in [5.74, 6) is -0.136. The molecule has 1 aromatic rings. The molecule has 1 atom stereocenters. The van der Waals surface area contributed by atoms with Crippen molar-refractivity contribution in [2.45, 2.75) is 25.1 Å². The maximum absolute atomic E-state index is 10.9. The molecule has 1 aromatic carbocycles. The lowest BCUT2D eigenvalue weighted by Crippen LogP contribution is -2.23. The van der Waals surface area contributed by atoms with Gasteiger partial charge in [-0.2, -0.15) is 0 Å². The number of primary sulfonamides is 1. The standard InChI is InChI=1S/C12H20N2O3S/c1-3-11(8-17-2)14-12-6-4-10(5-7-12)9-18(13,15)16/h4-7,11,14H,3,8-9H2,1-2H3,(H2,13,15,16). The zero-order chi connectivity index (χ0) is 13.6. The first-order chi connectivity index (χ1) is 8.44. The Balaban J connectivity index is 2.65. The second kappa shape index (κ2) is 6.72. The summed E-state index contributed by atoms with van der Waals surface area (Å²) in [5.41, 5.74) is 1.62. The molecule has 0 aromatic heterocycles. The molecule has 1 unspecified atom stereocenters. The molecule has 0 aliphatic rings. The maximum atomic E-state index is 10.9. The van der Waals surface area contributed by atoms with Crippen LogP contribution >= 0.6 is 0 Å². The summed E-state index contributed by atoms with van der Waals surface area (Å²) in [6.07, 6.45) is 0.951. The van der Waals surface area contributed by atoms with Gasteiger partial charge in [-0.05, 0) is 24.1 Å². The highest BCUT2D eigenvalue weighted by Crippen LogP contribution is 2.13. The highest BCUT2D eigenvalue weighted by molar-refractivity contribution is 7.88. The molecule has 0 bridgehead atoms. The lowest BCUT2D eigenvalue weighted by molar-refractivity contribution is 0.184. The Morgan fingerprint density at radius 1 is 1.33 bits per heavy atom. The van der Waals surface area contributed by atoms with Crippen LogP contribution in [0.4, 0.5) is 5.69 Å². The van der Waals surface area contributed by atoms with E-state index in [2.05, 4.69) is 12.2 Å². The molecule has 3 N–H and O–H groups in total. The lowest BCUT2D eigenvalue weighted by Gasteiger charge is -2.17. The van der Waals surface area contributed by atoms with E-state index < -0.39 is 10.0 Å². The lowest BCUT2D eigenvalue weighted by atomic mass is 10.2. The van der Waals surface area contributed by atoms with Gasteiger partial charge in [-0.1, -0.05) is 19.1 Å². The van der Waals surface area contributed by atoms with Gasteiger partial charge in [-0.15, -0.1) is 0 Å². The van der Waals surface area contributed by atoms with Gasteiger partial charge in [0.15, 0.2) is 0 Å². The molecule has 0 radical (unpaired) electrons. The third kappa shape index (κ3) is 5.48. The molecule has 6 heteroatoms. The minimum Gasteiger partial charge on any atom is -0.383 e. The van der Waals surface area contributed by atoms with Crippen molar-refractivity contribution in [3.63, 3.8) is 0 Å². The number of methoxy groups -OCH3 is 1. The van der Waals surface area contributed by atoms with Gasteiger partial charge in [0.2, 0.25) is 10.0 Å². The number of anilines is 1. The maximum Gasteiger partial charge on any atom is 0.213 e. The highest BCUT2D eigenvalue weighted by atomic mass is 32.2. The van der Waals surface area contributed by atoms with Gasteiger partial charge in [0.05, 0.1) is 12.4 Å². The fraction of sp³-hybridized carbons (Fsp3) is 0.500. The van der Waals surface area contributed by atoms with Crippen molar-refractivity contribution < 1.29 is 13.2 Å². The number of hydrogen-bond acceptors (Lipinski definition) is 4. The number of ether oxygens (including phenoxy) is 1. The Morgan fingerprint density at radius 3 is 2.39 bits per heavy atom. The third-order valence-electron chi connectivity index (χ3n) is 2.55. The summed E-state index contributed by atoms with van der Waals surface area (Å²) < 4.78 is 27.0. The first-order valence-corrected chi connectivity index (χ1v) is 7.51. The molecule has 5 nitrogen and oxygen atoms in total. The van der Waals surface area contributed by atoms with Gasteiger partial charge in [-0.3, -0.25) is 0 Å². The van der Waals surface area contributed by atoms with Crippen LogP contribution in [0, 0.1) is 0 Å². The van der Waals surface area contributed by atoms with Crippen molar-refractivity contribution >= 4 is 15.7 Å². The Bertz CT molecular complexity index is 457. The first-order valence-electron chi connectivity index (χ1n) is 5.79. The van der Waals surface area contributed by atoms with Gasteiger partial charge in [0.1, 0.15) is 0 Å². The Hall–Kier alpha value is -1.11. The van der Waals surface area contributed by atoms with Crippen molar-refractivity contribution in [3.05, 3.63) is 29.8 Å². The first kappa shape index (κ1) is 14.9. The molecule has 0 heterocycles. The van der Waals surface area contributed by atoms with Crippen LogP contribution in [-0.2, 0) is 20.5 Å². The number of sulfonamides is 1. The van der Waals surface area contributed by atoms with E-state index in [1.807, 2.05) is 12.1 Å². The van der Waals surface area contributed by atoms with Crippen LogP contribution in [0.5, 0.6) is 0 Å². The fourth-order valence-corrected chi connectivity index (χ4v) is 2.29. The number of benzene rings is 1. The van der Waals surface area contributed by atoms with Crippen molar-refractivity contribution in [1.82, 2.24) is 0 Å².